The van der Waals surface area contributed by atoms with Gasteiger partial charge < -0.3 is 9.80 Å². The lowest BCUT2D eigenvalue weighted by molar-refractivity contribution is 0.0294. The van der Waals surface area contributed by atoms with E-state index in [4.69, 9.17) is 0 Å². The molecule has 6 heteroatoms. The van der Waals surface area contributed by atoms with Crippen molar-refractivity contribution in [3.63, 3.8) is 0 Å². The summed E-state index contributed by atoms with van der Waals surface area (Å²) in [5, 5.41) is 7.79. The van der Waals surface area contributed by atoms with Crippen molar-refractivity contribution in [2.24, 2.45) is 5.41 Å². The van der Waals surface area contributed by atoms with Crippen LogP contribution >= 0.6 is 0 Å². The van der Waals surface area contributed by atoms with E-state index in [1.165, 1.54) is 0 Å². The zero-order valence-corrected chi connectivity index (χ0v) is 11.5. The molecule has 0 bridgehead atoms. The van der Waals surface area contributed by atoms with Crippen molar-refractivity contribution >= 4 is 11.6 Å². The smallest absolute Gasteiger partial charge is 0.255 e. The Hall–Kier alpha value is -1.95. The number of rotatable bonds is 1. The topological polar surface area (TPSA) is 53.7 Å². The van der Waals surface area contributed by atoms with E-state index in [0.717, 1.165) is 38.2 Å². The third kappa shape index (κ3) is 1.71. The third-order valence-electron chi connectivity index (χ3n) is 4.47. The molecule has 2 aliphatic heterocycles. The van der Waals surface area contributed by atoms with Crippen LogP contribution in [0.15, 0.2) is 24.7 Å². The summed E-state index contributed by atoms with van der Waals surface area (Å²) in [5.74, 6) is 0.118. The molecule has 0 aliphatic carbocycles. The fraction of sp³-hybridized carbons (Fsp3) is 0.500. The number of likely N-dealkylation sites (tertiary alicyclic amines) is 2. The van der Waals surface area contributed by atoms with Gasteiger partial charge in [-0.3, -0.25) is 9.20 Å². The second-order valence-electron chi connectivity index (χ2n) is 6.16. The summed E-state index contributed by atoms with van der Waals surface area (Å²) in [4.78, 5) is 16.9. The van der Waals surface area contributed by atoms with Crippen LogP contribution in [0.2, 0.25) is 0 Å². The molecule has 0 aromatic carbocycles. The van der Waals surface area contributed by atoms with Gasteiger partial charge in [-0.2, -0.15) is 0 Å². The molecule has 0 saturated carbocycles. The minimum Gasteiger partial charge on any atom is -0.338 e. The zero-order valence-electron chi connectivity index (χ0n) is 11.5. The molecule has 2 fully saturated rings. The number of carbonyl (C=O) groups excluding carboxylic acids is 1. The molecule has 20 heavy (non-hydrogen) atoms. The van der Waals surface area contributed by atoms with Gasteiger partial charge in [-0.05, 0) is 25.6 Å². The molecule has 0 N–H and O–H groups in total. The molecule has 0 radical (unpaired) electrons. The van der Waals surface area contributed by atoms with Gasteiger partial charge in [-0.1, -0.05) is 0 Å². The van der Waals surface area contributed by atoms with Gasteiger partial charge in [0.15, 0.2) is 5.65 Å². The van der Waals surface area contributed by atoms with E-state index in [-0.39, 0.29) is 5.91 Å². The monoisotopic (exact) mass is 271 g/mol. The lowest BCUT2D eigenvalue weighted by Crippen LogP contribution is -2.55. The standard InChI is InChI=1S/C14H17N5O/c1-17-7-14(8-17)4-5-18(9-14)13(20)11-2-3-12-16-15-10-19(12)6-11/h2-3,6,10H,4-5,7-9H2,1H3. The van der Waals surface area contributed by atoms with Crippen LogP contribution in [-0.2, 0) is 0 Å². The van der Waals surface area contributed by atoms with Gasteiger partial charge in [0.05, 0.1) is 5.56 Å². The Balaban J connectivity index is 1.55. The van der Waals surface area contributed by atoms with E-state index < -0.39 is 0 Å². The summed E-state index contributed by atoms with van der Waals surface area (Å²) < 4.78 is 1.79. The predicted molar refractivity (Wildman–Crippen MR) is 73.4 cm³/mol. The first-order valence-electron chi connectivity index (χ1n) is 6.93. The number of hydrogen-bond acceptors (Lipinski definition) is 4. The van der Waals surface area contributed by atoms with E-state index in [9.17, 15) is 4.79 Å². The molecule has 2 aliphatic rings. The largest absolute Gasteiger partial charge is 0.338 e. The molecule has 1 amide bonds. The maximum atomic E-state index is 12.6. The molecular weight excluding hydrogens is 254 g/mol. The van der Waals surface area contributed by atoms with Crippen LogP contribution in [-0.4, -0.2) is 63.5 Å². The van der Waals surface area contributed by atoms with Gasteiger partial charge in [-0.15, -0.1) is 10.2 Å². The first-order chi connectivity index (χ1) is 9.65. The average Bonchev–Trinajstić information content (AvgIpc) is 3.03. The normalized spacial score (nSPS) is 21.6. The fourth-order valence-electron chi connectivity index (χ4n) is 3.60. The molecule has 2 saturated heterocycles. The van der Waals surface area contributed by atoms with Crippen molar-refractivity contribution in [2.75, 3.05) is 33.2 Å². The summed E-state index contributed by atoms with van der Waals surface area (Å²) >= 11 is 0. The van der Waals surface area contributed by atoms with Gasteiger partial charge in [0.25, 0.3) is 5.91 Å². The molecule has 2 aromatic heterocycles. The quantitative estimate of drug-likeness (QED) is 0.758. The Morgan fingerprint density at radius 3 is 2.95 bits per heavy atom. The van der Waals surface area contributed by atoms with Gasteiger partial charge in [0.1, 0.15) is 6.33 Å². The van der Waals surface area contributed by atoms with Gasteiger partial charge in [-0.25, -0.2) is 0 Å². The SMILES string of the molecule is CN1CC2(CCN(C(=O)c3ccc4nncn4c3)C2)C1. The van der Waals surface area contributed by atoms with E-state index >= 15 is 0 Å². The first kappa shape index (κ1) is 11.8. The number of hydrogen-bond donors (Lipinski definition) is 0. The van der Waals surface area contributed by atoms with Crippen LogP contribution in [0, 0.1) is 5.41 Å². The maximum absolute atomic E-state index is 12.6. The Morgan fingerprint density at radius 1 is 1.30 bits per heavy atom. The number of aromatic nitrogens is 3. The Morgan fingerprint density at radius 2 is 2.15 bits per heavy atom. The number of fused-ring (bicyclic) bond motifs is 1. The van der Waals surface area contributed by atoms with Crippen LogP contribution in [0.4, 0.5) is 0 Å². The average molecular weight is 271 g/mol. The number of pyridine rings is 1. The molecular formula is C14H17N5O. The number of amides is 1. The summed E-state index contributed by atoms with van der Waals surface area (Å²) in [6.45, 7) is 3.98. The second kappa shape index (κ2) is 4.02. The second-order valence-corrected chi connectivity index (χ2v) is 6.16. The molecule has 0 atom stereocenters. The van der Waals surface area contributed by atoms with Gasteiger partial charge in [0, 0.05) is 37.8 Å². The summed E-state index contributed by atoms with van der Waals surface area (Å²) in [6, 6.07) is 3.67. The van der Waals surface area contributed by atoms with E-state index in [1.807, 2.05) is 23.2 Å². The zero-order chi connectivity index (χ0) is 13.7. The van der Waals surface area contributed by atoms with Crippen LogP contribution in [0.5, 0.6) is 0 Å². The summed E-state index contributed by atoms with van der Waals surface area (Å²) in [5.41, 5.74) is 1.83. The van der Waals surface area contributed by atoms with Gasteiger partial charge in [0.2, 0.25) is 0 Å². The van der Waals surface area contributed by atoms with Gasteiger partial charge >= 0.3 is 0 Å². The minimum absolute atomic E-state index is 0.118. The minimum atomic E-state index is 0.118. The van der Waals surface area contributed by atoms with Crippen LogP contribution in [0.3, 0.4) is 0 Å². The molecule has 4 heterocycles. The highest BCUT2D eigenvalue weighted by atomic mass is 16.2. The summed E-state index contributed by atoms with van der Waals surface area (Å²) in [7, 11) is 2.13. The molecule has 104 valence electrons. The van der Waals surface area contributed by atoms with Crippen LogP contribution < -0.4 is 0 Å². The highest BCUT2D eigenvalue weighted by molar-refractivity contribution is 5.94. The Bertz CT molecular complexity index is 673. The molecule has 6 nitrogen and oxygen atoms in total. The lowest BCUT2D eigenvalue weighted by atomic mass is 9.79. The Kier molecular flexibility index (Phi) is 2.38. The van der Waals surface area contributed by atoms with Crippen molar-refractivity contribution < 1.29 is 4.79 Å². The lowest BCUT2D eigenvalue weighted by Gasteiger charge is -2.46. The van der Waals surface area contributed by atoms with Crippen LogP contribution in [0.1, 0.15) is 16.8 Å². The highest BCUT2D eigenvalue weighted by Crippen LogP contribution is 2.38. The molecule has 4 rings (SSSR count). The van der Waals surface area contributed by atoms with Crippen molar-refractivity contribution in [1.82, 2.24) is 24.4 Å². The maximum Gasteiger partial charge on any atom is 0.255 e. The van der Waals surface area contributed by atoms with E-state index in [2.05, 4.69) is 22.1 Å². The predicted octanol–water partition coefficient (Wildman–Crippen LogP) is 0.507. The van der Waals surface area contributed by atoms with Crippen molar-refractivity contribution in [3.05, 3.63) is 30.2 Å². The van der Waals surface area contributed by atoms with Crippen molar-refractivity contribution in [3.8, 4) is 0 Å². The third-order valence-corrected chi connectivity index (χ3v) is 4.47. The van der Waals surface area contributed by atoms with E-state index in [1.54, 1.807) is 10.7 Å². The molecule has 1 spiro atoms. The first-order valence-corrected chi connectivity index (χ1v) is 6.93. The number of nitrogens with zero attached hydrogens (tertiary/aromatic N) is 5. The van der Waals surface area contributed by atoms with Crippen LogP contribution in [0.25, 0.3) is 5.65 Å². The Labute approximate surface area is 117 Å². The number of carbonyl (C=O) groups is 1. The van der Waals surface area contributed by atoms with E-state index in [0.29, 0.717) is 11.0 Å². The van der Waals surface area contributed by atoms with Crippen molar-refractivity contribution in [2.45, 2.75) is 6.42 Å². The molecule has 0 unspecified atom stereocenters. The van der Waals surface area contributed by atoms with Crippen molar-refractivity contribution in [1.29, 1.82) is 0 Å². The molecule has 2 aromatic rings. The highest BCUT2D eigenvalue weighted by Gasteiger charge is 2.47. The fourth-order valence-corrected chi connectivity index (χ4v) is 3.60. The summed E-state index contributed by atoms with van der Waals surface area (Å²) in [6.07, 6.45) is 4.56.